The zero-order chi connectivity index (χ0) is 14.5. The van der Waals surface area contributed by atoms with E-state index in [4.69, 9.17) is 14.6 Å². The molecule has 20 heavy (non-hydrogen) atoms. The van der Waals surface area contributed by atoms with Crippen molar-refractivity contribution in [3.63, 3.8) is 0 Å². The quantitative estimate of drug-likeness (QED) is 0.839. The van der Waals surface area contributed by atoms with E-state index in [2.05, 4.69) is 0 Å². The lowest BCUT2D eigenvalue weighted by molar-refractivity contribution is -0.140. The fraction of sp³-hybridized carbons (Fsp3) is 0.938. The highest BCUT2D eigenvalue weighted by Gasteiger charge is 2.13. The minimum atomic E-state index is -0.773. The van der Waals surface area contributed by atoms with Gasteiger partial charge in [0.2, 0.25) is 0 Å². The Morgan fingerprint density at radius 3 is 2.10 bits per heavy atom. The summed E-state index contributed by atoms with van der Waals surface area (Å²) >= 11 is 0. The van der Waals surface area contributed by atoms with Gasteiger partial charge in [-0.25, -0.2) is 0 Å². The van der Waals surface area contributed by atoms with Crippen molar-refractivity contribution in [3.05, 3.63) is 0 Å². The lowest BCUT2D eigenvalue weighted by atomic mass is 10.0. The Morgan fingerprint density at radius 1 is 0.850 bits per heavy atom. The number of ether oxygens (including phenoxy) is 2. The number of carboxylic acid groups (broad SMARTS) is 1. The van der Waals surface area contributed by atoms with E-state index in [1.54, 1.807) is 0 Å². The molecular weight excluding hydrogens is 256 g/mol. The maximum atomic E-state index is 10.8. The molecule has 118 valence electrons. The van der Waals surface area contributed by atoms with Gasteiger partial charge in [0.05, 0.1) is 25.7 Å². The summed E-state index contributed by atoms with van der Waals surface area (Å²) in [4.78, 5) is 10.8. The maximum absolute atomic E-state index is 10.8. The van der Waals surface area contributed by atoms with Crippen molar-refractivity contribution < 1.29 is 19.4 Å². The van der Waals surface area contributed by atoms with E-state index in [1.165, 1.54) is 44.9 Å². The molecule has 0 aliphatic carbocycles. The second-order valence-electron chi connectivity index (χ2n) is 5.67. The van der Waals surface area contributed by atoms with Gasteiger partial charge in [0.15, 0.2) is 0 Å². The van der Waals surface area contributed by atoms with Gasteiger partial charge in [0.1, 0.15) is 0 Å². The summed E-state index contributed by atoms with van der Waals surface area (Å²) in [5.74, 6) is -0.773. The van der Waals surface area contributed by atoms with Crippen LogP contribution in [0.15, 0.2) is 0 Å². The van der Waals surface area contributed by atoms with Gasteiger partial charge in [-0.05, 0) is 12.8 Å². The van der Waals surface area contributed by atoms with Gasteiger partial charge >= 0.3 is 5.97 Å². The van der Waals surface area contributed by atoms with Gasteiger partial charge in [-0.2, -0.15) is 0 Å². The Kier molecular flexibility index (Phi) is 10.6. The van der Waals surface area contributed by atoms with Gasteiger partial charge < -0.3 is 14.6 Å². The van der Waals surface area contributed by atoms with Crippen LogP contribution in [0.3, 0.4) is 0 Å². The van der Waals surface area contributed by atoms with Crippen LogP contribution < -0.4 is 0 Å². The minimum Gasteiger partial charge on any atom is -0.481 e. The zero-order valence-electron chi connectivity index (χ0n) is 12.6. The van der Waals surface area contributed by atoms with Crippen molar-refractivity contribution >= 4 is 5.97 Å². The first-order valence-electron chi connectivity index (χ1n) is 8.20. The highest BCUT2D eigenvalue weighted by atomic mass is 16.5. The van der Waals surface area contributed by atoms with Gasteiger partial charge in [-0.1, -0.05) is 51.4 Å². The zero-order valence-corrected chi connectivity index (χ0v) is 12.6. The molecule has 0 radical (unpaired) electrons. The third-order valence-corrected chi connectivity index (χ3v) is 3.80. The third kappa shape index (κ3) is 10.2. The summed E-state index contributed by atoms with van der Waals surface area (Å²) in [5, 5.41) is 8.89. The average molecular weight is 286 g/mol. The molecule has 1 fully saturated rings. The molecule has 1 saturated heterocycles. The van der Waals surface area contributed by atoms with Crippen LogP contribution in [-0.2, 0) is 14.3 Å². The molecule has 1 heterocycles. The molecule has 0 aromatic carbocycles. The average Bonchev–Trinajstić information content (AvgIpc) is 2.40. The summed E-state index contributed by atoms with van der Waals surface area (Å²) in [6.45, 7) is 1.89. The smallest absolute Gasteiger partial charge is 0.305 e. The lowest BCUT2D eigenvalue weighted by Crippen LogP contribution is -2.20. The van der Waals surface area contributed by atoms with E-state index in [0.29, 0.717) is 13.2 Å². The monoisotopic (exact) mass is 286 g/mol. The van der Waals surface area contributed by atoms with Crippen LogP contribution in [0.2, 0.25) is 0 Å². The number of carbonyl (C=O) groups is 1. The Balaban J connectivity index is 2.26. The number of hydrogen-bond acceptors (Lipinski definition) is 3. The number of carboxylic acids is 1. The molecule has 0 aromatic heterocycles. The molecule has 0 amide bonds. The van der Waals surface area contributed by atoms with Crippen LogP contribution >= 0.6 is 0 Å². The molecular formula is C16H30O4. The number of aliphatic carboxylic acids is 1. The summed E-state index contributed by atoms with van der Waals surface area (Å²) in [6.07, 6.45) is 12.0. The highest BCUT2D eigenvalue weighted by molar-refractivity contribution is 5.67. The van der Waals surface area contributed by atoms with E-state index in [0.717, 1.165) is 25.9 Å². The summed E-state index contributed by atoms with van der Waals surface area (Å²) < 4.78 is 11.2. The van der Waals surface area contributed by atoms with E-state index in [1.807, 2.05) is 0 Å². The fourth-order valence-electron chi connectivity index (χ4n) is 2.63. The van der Waals surface area contributed by atoms with Crippen molar-refractivity contribution in [2.75, 3.05) is 19.8 Å². The molecule has 0 aromatic rings. The van der Waals surface area contributed by atoms with Crippen molar-refractivity contribution in [2.24, 2.45) is 0 Å². The summed E-state index contributed by atoms with van der Waals surface area (Å²) in [6, 6.07) is 0. The van der Waals surface area contributed by atoms with Gasteiger partial charge in [0.25, 0.3) is 0 Å². The molecule has 1 N–H and O–H groups in total. The molecule has 1 unspecified atom stereocenters. The molecule has 4 heteroatoms. The second-order valence-corrected chi connectivity index (χ2v) is 5.67. The van der Waals surface area contributed by atoms with Crippen LogP contribution in [0.5, 0.6) is 0 Å². The largest absolute Gasteiger partial charge is 0.481 e. The van der Waals surface area contributed by atoms with E-state index < -0.39 is 5.97 Å². The van der Waals surface area contributed by atoms with Crippen LogP contribution in [-0.4, -0.2) is 37.0 Å². The van der Waals surface area contributed by atoms with Crippen molar-refractivity contribution in [1.29, 1.82) is 0 Å². The highest BCUT2D eigenvalue weighted by Crippen LogP contribution is 2.14. The van der Waals surface area contributed by atoms with Crippen LogP contribution in [0, 0.1) is 0 Å². The first kappa shape index (κ1) is 17.4. The van der Waals surface area contributed by atoms with Gasteiger partial charge in [-0.15, -0.1) is 0 Å². The van der Waals surface area contributed by atoms with Crippen molar-refractivity contribution in [2.45, 2.75) is 76.7 Å². The fourth-order valence-corrected chi connectivity index (χ4v) is 2.63. The van der Waals surface area contributed by atoms with Crippen LogP contribution in [0.1, 0.15) is 70.6 Å². The SMILES string of the molecule is O=C(O)CC1CCCCCCCCCCCOCCO1. The van der Waals surface area contributed by atoms with Crippen molar-refractivity contribution in [3.8, 4) is 0 Å². The molecule has 1 aliphatic rings. The molecule has 0 saturated carbocycles. The minimum absolute atomic E-state index is 0.111. The molecule has 0 bridgehead atoms. The molecule has 0 spiro atoms. The standard InChI is InChI=1S/C16H30O4/c17-16(18)14-15-10-8-6-4-2-1-3-5-7-9-11-19-12-13-20-15/h15H,1-14H2,(H,17,18). The number of hydrogen-bond donors (Lipinski definition) is 1. The van der Waals surface area contributed by atoms with Crippen molar-refractivity contribution in [1.82, 2.24) is 0 Å². The third-order valence-electron chi connectivity index (χ3n) is 3.80. The van der Waals surface area contributed by atoms with Crippen LogP contribution in [0.4, 0.5) is 0 Å². The predicted octanol–water partition coefficient (Wildman–Crippen LogP) is 3.78. The van der Waals surface area contributed by atoms with E-state index in [9.17, 15) is 4.79 Å². The van der Waals surface area contributed by atoms with Gasteiger partial charge in [-0.3, -0.25) is 4.79 Å². The van der Waals surface area contributed by atoms with Crippen LogP contribution in [0.25, 0.3) is 0 Å². The topological polar surface area (TPSA) is 55.8 Å². The maximum Gasteiger partial charge on any atom is 0.305 e. The number of rotatable bonds is 2. The van der Waals surface area contributed by atoms with Gasteiger partial charge in [0, 0.05) is 6.61 Å². The van der Waals surface area contributed by atoms with E-state index in [-0.39, 0.29) is 12.5 Å². The second kappa shape index (κ2) is 12.2. The first-order valence-corrected chi connectivity index (χ1v) is 8.20. The Bertz CT molecular complexity index is 227. The lowest BCUT2D eigenvalue weighted by Gasteiger charge is -2.16. The molecule has 1 rings (SSSR count). The predicted molar refractivity (Wildman–Crippen MR) is 79.0 cm³/mol. The Hall–Kier alpha value is -0.610. The normalized spacial score (nSPS) is 25.1. The summed E-state index contributed by atoms with van der Waals surface area (Å²) in [7, 11) is 0. The summed E-state index contributed by atoms with van der Waals surface area (Å²) in [5.41, 5.74) is 0. The Morgan fingerprint density at radius 2 is 1.45 bits per heavy atom. The molecule has 1 atom stereocenters. The van der Waals surface area contributed by atoms with E-state index >= 15 is 0 Å². The molecule has 1 aliphatic heterocycles. The first-order chi connectivity index (χ1) is 9.79. The Labute approximate surface area is 122 Å². The molecule has 4 nitrogen and oxygen atoms in total.